The maximum atomic E-state index is 11.0. The van der Waals surface area contributed by atoms with Crippen LogP contribution in [0, 0.1) is 0 Å². The average Bonchev–Trinajstić information content (AvgIpc) is 2.58. The van der Waals surface area contributed by atoms with Gasteiger partial charge in [0.25, 0.3) is 0 Å². The van der Waals surface area contributed by atoms with Crippen LogP contribution in [0.25, 0.3) is 0 Å². The summed E-state index contributed by atoms with van der Waals surface area (Å²) in [5, 5.41) is 8.86. The standard InChI is InChI=1S/C18H36O2/c1-2-3-4-5-6-7-8-9-10-11-12-13-14-15-16-17-18(19)20/h2-17H2,1H3,(H,19,20)/i14D,15D2,16D2,17D2. The fourth-order valence-corrected chi connectivity index (χ4v) is 2.12. The maximum Gasteiger partial charge on any atom is 0.303 e. The second-order valence-electron chi connectivity index (χ2n) is 5.23. The van der Waals surface area contributed by atoms with Crippen LogP contribution in [0.1, 0.15) is 119 Å². The molecular formula is C18H36O2. The summed E-state index contributed by atoms with van der Waals surface area (Å²) >= 11 is 0. The zero-order valence-electron chi connectivity index (χ0n) is 19.9. The van der Waals surface area contributed by atoms with Gasteiger partial charge in [-0.1, -0.05) is 96.7 Å². The molecule has 0 aromatic carbocycles. The third-order valence-corrected chi connectivity index (χ3v) is 3.30. The first kappa shape index (κ1) is 10.2. The van der Waals surface area contributed by atoms with Gasteiger partial charge in [0.15, 0.2) is 0 Å². The minimum Gasteiger partial charge on any atom is -0.481 e. The first-order chi connectivity index (χ1) is 12.4. The Bertz CT molecular complexity index is 428. The van der Waals surface area contributed by atoms with E-state index in [4.69, 9.17) is 14.7 Å². The van der Waals surface area contributed by atoms with Crippen molar-refractivity contribution in [3.63, 3.8) is 0 Å². The van der Waals surface area contributed by atoms with E-state index in [9.17, 15) is 4.79 Å². The van der Waals surface area contributed by atoms with Gasteiger partial charge in [0.1, 0.15) is 0 Å². The Kier molecular flexibility index (Phi) is 8.46. The van der Waals surface area contributed by atoms with Gasteiger partial charge in [0, 0.05) is 16.0 Å². The van der Waals surface area contributed by atoms with Gasteiger partial charge in [-0.15, -0.1) is 0 Å². The predicted molar refractivity (Wildman–Crippen MR) is 87.2 cm³/mol. The van der Waals surface area contributed by atoms with Crippen LogP contribution in [0.5, 0.6) is 0 Å². The van der Waals surface area contributed by atoms with Crippen molar-refractivity contribution in [3.05, 3.63) is 0 Å². The monoisotopic (exact) mass is 291 g/mol. The summed E-state index contributed by atoms with van der Waals surface area (Å²) in [7, 11) is 0. The number of carboxylic acid groups (broad SMARTS) is 1. The van der Waals surface area contributed by atoms with E-state index in [1.807, 2.05) is 0 Å². The maximum absolute atomic E-state index is 11.0. The fraction of sp³-hybridized carbons (Fsp3) is 0.944. The van der Waals surface area contributed by atoms with Crippen molar-refractivity contribution in [2.24, 2.45) is 0 Å². The van der Waals surface area contributed by atoms with Crippen LogP contribution in [0.4, 0.5) is 0 Å². The minimum atomic E-state index is -3.40. The number of carboxylic acids is 1. The molecule has 1 atom stereocenters. The molecule has 0 bridgehead atoms. The Morgan fingerprint density at radius 3 is 1.70 bits per heavy atom. The lowest BCUT2D eigenvalue weighted by atomic mass is 10.0. The highest BCUT2D eigenvalue weighted by molar-refractivity contribution is 5.66. The molecule has 120 valence electrons. The molecule has 1 N–H and O–H groups in total. The molecular weight excluding hydrogens is 248 g/mol. The summed E-state index contributed by atoms with van der Waals surface area (Å²) in [5.41, 5.74) is 0. The van der Waals surface area contributed by atoms with Crippen LogP contribution in [-0.2, 0) is 4.79 Å². The van der Waals surface area contributed by atoms with E-state index in [1.54, 1.807) is 0 Å². The smallest absolute Gasteiger partial charge is 0.303 e. The van der Waals surface area contributed by atoms with Gasteiger partial charge in [0.2, 0.25) is 0 Å². The third-order valence-electron chi connectivity index (χ3n) is 3.30. The third kappa shape index (κ3) is 17.5. The highest BCUT2D eigenvalue weighted by atomic mass is 16.4. The lowest BCUT2D eigenvalue weighted by Crippen LogP contribution is -1.93. The first-order valence-electron chi connectivity index (χ1n) is 11.7. The summed E-state index contributed by atoms with van der Waals surface area (Å²) in [4.78, 5) is 11.0. The molecule has 0 rings (SSSR count). The van der Waals surface area contributed by atoms with Crippen LogP contribution in [-0.4, -0.2) is 11.1 Å². The van der Waals surface area contributed by atoms with Gasteiger partial charge >= 0.3 is 5.97 Å². The molecule has 0 aromatic rings. The van der Waals surface area contributed by atoms with Gasteiger partial charge in [-0.3, -0.25) is 4.79 Å². The SMILES string of the molecule is [2H]C(CCCCCCCCCCCCC)C([2H])([2H])C([2H])([2H])C([2H])([2H])C(=O)O. The number of unbranched alkanes of at least 4 members (excludes halogenated alkanes) is 10. The normalized spacial score (nSPS) is 19.8. The highest BCUT2D eigenvalue weighted by Crippen LogP contribution is 2.13. The van der Waals surface area contributed by atoms with E-state index in [2.05, 4.69) is 6.92 Å². The summed E-state index contributed by atoms with van der Waals surface area (Å²) in [5.74, 6) is -2.06. The van der Waals surface area contributed by atoms with Crippen LogP contribution in [0.15, 0.2) is 0 Å². The van der Waals surface area contributed by atoms with Crippen molar-refractivity contribution < 1.29 is 19.5 Å². The molecule has 20 heavy (non-hydrogen) atoms. The van der Waals surface area contributed by atoms with E-state index in [1.165, 1.54) is 44.9 Å². The van der Waals surface area contributed by atoms with E-state index in [-0.39, 0.29) is 6.42 Å². The predicted octanol–water partition coefficient (Wildman–Crippen LogP) is 6.33. The average molecular weight is 292 g/mol. The van der Waals surface area contributed by atoms with Gasteiger partial charge < -0.3 is 5.11 Å². The number of aliphatic carboxylic acids is 1. The molecule has 0 aliphatic rings. The van der Waals surface area contributed by atoms with Crippen LogP contribution in [0.3, 0.4) is 0 Å². The van der Waals surface area contributed by atoms with Crippen LogP contribution in [0.2, 0.25) is 0 Å². The number of hydrogen-bond acceptors (Lipinski definition) is 1. The van der Waals surface area contributed by atoms with E-state index in [0.717, 1.165) is 19.3 Å². The van der Waals surface area contributed by atoms with Crippen molar-refractivity contribution in [3.8, 4) is 0 Å². The molecule has 0 radical (unpaired) electrons. The lowest BCUT2D eigenvalue weighted by molar-refractivity contribution is -0.137. The Balaban J connectivity index is 4.13. The number of hydrogen-bond donors (Lipinski definition) is 1. The summed E-state index contributed by atoms with van der Waals surface area (Å²) in [6.07, 6.45) is 1.20. The Morgan fingerprint density at radius 1 is 0.800 bits per heavy atom. The van der Waals surface area contributed by atoms with Crippen molar-refractivity contribution in [2.45, 2.75) is 109 Å². The molecule has 0 heterocycles. The second-order valence-corrected chi connectivity index (χ2v) is 5.23. The zero-order valence-corrected chi connectivity index (χ0v) is 12.9. The molecule has 0 saturated carbocycles. The van der Waals surface area contributed by atoms with Gasteiger partial charge in [-0.25, -0.2) is 0 Å². The van der Waals surface area contributed by atoms with E-state index < -0.39 is 31.5 Å². The van der Waals surface area contributed by atoms with Crippen LogP contribution < -0.4 is 0 Å². The molecule has 0 aromatic heterocycles. The molecule has 0 amide bonds. The van der Waals surface area contributed by atoms with E-state index >= 15 is 0 Å². The van der Waals surface area contributed by atoms with E-state index in [0.29, 0.717) is 6.42 Å². The Hall–Kier alpha value is -0.530. The molecule has 0 spiro atoms. The zero-order chi connectivity index (χ0) is 21.1. The summed E-state index contributed by atoms with van der Waals surface area (Å²) < 4.78 is 53.6. The molecule has 0 saturated heterocycles. The Morgan fingerprint density at radius 2 is 1.25 bits per heavy atom. The lowest BCUT2D eigenvalue weighted by Gasteiger charge is -2.03. The fourth-order valence-electron chi connectivity index (χ4n) is 2.12. The largest absolute Gasteiger partial charge is 0.481 e. The van der Waals surface area contributed by atoms with Crippen molar-refractivity contribution in [2.75, 3.05) is 0 Å². The molecule has 0 aliphatic heterocycles. The first-order valence-corrected chi connectivity index (χ1v) is 8.08. The summed E-state index contributed by atoms with van der Waals surface area (Å²) in [6.45, 7) is 2.20. The van der Waals surface area contributed by atoms with Crippen molar-refractivity contribution in [1.82, 2.24) is 0 Å². The van der Waals surface area contributed by atoms with Gasteiger partial charge in [0.05, 0.1) is 0 Å². The highest BCUT2D eigenvalue weighted by Gasteiger charge is 1.97. The van der Waals surface area contributed by atoms with Gasteiger partial charge in [-0.05, 0) is 6.37 Å². The molecule has 2 nitrogen and oxygen atoms in total. The molecule has 0 aliphatic carbocycles. The van der Waals surface area contributed by atoms with Crippen molar-refractivity contribution >= 4 is 5.97 Å². The Labute approximate surface area is 136 Å². The number of rotatable bonds is 16. The quantitative estimate of drug-likeness (QED) is 0.337. The topological polar surface area (TPSA) is 37.3 Å². The second kappa shape index (κ2) is 16.5. The number of carbonyl (C=O) groups is 1. The minimum absolute atomic E-state index is 0.0826. The molecule has 1 unspecified atom stereocenters. The van der Waals surface area contributed by atoms with Crippen LogP contribution >= 0.6 is 0 Å². The molecule has 0 fully saturated rings. The molecule has 2 heteroatoms. The van der Waals surface area contributed by atoms with Gasteiger partial charge in [-0.2, -0.15) is 0 Å². The van der Waals surface area contributed by atoms with Crippen molar-refractivity contribution in [1.29, 1.82) is 0 Å². The summed E-state index contributed by atoms with van der Waals surface area (Å²) in [6, 6.07) is 0.